The number of rotatable bonds is 4. The zero-order valence-corrected chi connectivity index (χ0v) is 13.9. The van der Waals surface area contributed by atoms with Gasteiger partial charge in [-0.15, -0.1) is 0 Å². The van der Waals surface area contributed by atoms with E-state index in [4.69, 9.17) is 9.47 Å². The molecule has 2 fully saturated rings. The van der Waals surface area contributed by atoms with Crippen LogP contribution < -0.4 is 0 Å². The second-order valence-corrected chi connectivity index (χ2v) is 6.89. The van der Waals surface area contributed by atoms with Crippen molar-refractivity contribution in [1.82, 2.24) is 9.88 Å². The normalized spacial score (nSPS) is 25.5. The smallest absolute Gasteiger partial charge is 0.0547 e. The molecule has 2 saturated heterocycles. The van der Waals surface area contributed by atoms with E-state index in [9.17, 15) is 0 Å². The lowest BCUT2D eigenvalue weighted by atomic mass is 9.66. The third kappa shape index (κ3) is 3.50. The molecule has 0 radical (unpaired) electrons. The van der Waals surface area contributed by atoms with Crippen molar-refractivity contribution in [3.05, 3.63) is 29.6 Å². The molecule has 1 spiro atoms. The van der Waals surface area contributed by atoms with Crippen LogP contribution in [0, 0.1) is 18.3 Å². The van der Waals surface area contributed by atoms with Gasteiger partial charge in [-0.25, -0.2) is 0 Å². The molecule has 0 N–H and O–H groups in total. The molecule has 122 valence electrons. The average Bonchev–Trinajstić information content (AvgIpc) is 2.52. The Bertz CT molecular complexity index is 482. The van der Waals surface area contributed by atoms with Crippen LogP contribution in [0.15, 0.2) is 18.2 Å². The molecule has 0 aromatic carbocycles. The van der Waals surface area contributed by atoms with Crippen molar-refractivity contribution in [2.75, 3.05) is 40.0 Å². The van der Waals surface area contributed by atoms with Crippen LogP contribution in [0.25, 0.3) is 0 Å². The SMILES string of the molecule is COC[C@@H]1COCCC12CCN(Cc1cccc(C)n1)CC2. The summed E-state index contributed by atoms with van der Waals surface area (Å²) in [4.78, 5) is 7.18. The van der Waals surface area contributed by atoms with Crippen molar-refractivity contribution in [1.29, 1.82) is 0 Å². The summed E-state index contributed by atoms with van der Waals surface area (Å²) < 4.78 is 11.1. The van der Waals surface area contributed by atoms with Crippen LogP contribution in [0.2, 0.25) is 0 Å². The van der Waals surface area contributed by atoms with Crippen molar-refractivity contribution in [3.8, 4) is 0 Å². The Kier molecular flexibility index (Phi) is 5.11. The summed E-state index contributed by atoms with van der Waals surface area (Å²) in [6.07, 6.45) is 3.71. The van der Waals surface area contributed by atoms with E-state index < -0.39 is 0 Å². The van der Waals surface area contributed by atoms with Gasteiger partial charge >= 0.3 is 0 Å². The van der Waals surface area contributed by atoms with E-state index >= 15 is 0 Å². The average molecular weight is 304 g/mol. The highest BCUT2D eigenvalue weighted by Gasteiger charge is 2.43. The number of hydrogen-bond donors (Lipinski definition) is 0. The van der Waals surface area contributed by atoms with Crippen molar-refractivity contribution in [2.24, 2.45) is 11.3 Å². The number of piperidine rings is 1. The van der Waals surface area contributed by atoms with Gasteiger partial charge < -0.3 is 9.47 Å². The summed E-state index contributed by atoms with van der Waals surface area (Å²) in [5, 5.41) is 0. The molecule has 1 aromatic heterocycles. The molecular weight excluding hydrogens is 276 g/mol. The molecule has 0 saturated carbocycles. The number of ether oxygens (including phenoxy) is 2. The molecule has 22 heavy (non-hydrogen) atoms. The van der Waals surface area contributed by atoms with Gasteiger partial charge in [0.25, 0.3) is 0 Å². The van der Waals surface area contributed by atoms with Crippen LogP contribution in [0.5, 0.6) is 0 Å². The summed E-state index contributed by atoms with van der Waals surface area (Å²) in [7, 11) is 1.81. The van der Waals surface area contributed by atoms with Crippen molar-refractivity contribution in [2.45, 2.75) is 32.7 Å². The van der Waals surface area contributed by atoms with Crippen molar-refractivity contribution < 1.29 is 9.47 Å². The Morgan fingerprint density at radius 2 is 2.14 bits per heavy atom. The number of pyridine rings is 1. The van der Waals surface area contributed by atoms with E-state index in [1.165, 1.54) is 25.0 Å². The molecule has 0 amide bonds. The maximum Gasteiger partial charge on any atom is 0.0547 e. The van der Waals surface area contributed by atoms with Gasteiger partial charge in [0.1, 0.15) is 0 Å². The number of aromatic nitrogens is 1. The van der Waals surface area contributed by atoms with Gasteiger partial charge in [0.05, 0.1) is 18.9 Å². The summed E-state index contributed by atoms with van der Waals surface area (Å²) in [5.41, 5.74) is 2.73. The fourth-order valence-electron chi connectivity index (χ4n) is 4.04. The molecule has 4 heteroatoms. The number of methoxy groups -OCH3 is 1. The predicted molar refractivity (Wildman–Crippen MR) is 86.7 cm³/mol. The van der Waals surface area contributed by atoms with E-state index in [-0.39, 0.29) is 0 Å². The zero-order chi connectivity index (χ0) is 15.4. The Morgan fingerprint density at radius 1 is 1.32 bits per heavy atom. The fourth-order valence-corrected chi connectivity index (χ4v) is 4.04. The largest absolute Gasteiger partial charge is 0.384 e. The monoisotopic (exact) mass is 304 g/mol. The number of hydrogen-bond acceptors (Lipinski definition) is 4. The lowest BCUT2D eigenvalue weighted by Crippen LogP contribution is -2.49. The minimum absolute atomic E-state index is 0.435. The molecule has 0 unspecified atom stereocenters. The van der Waals surface area contributed by atoms with Gasteiger partial charge in [0, 0.05) is 31.9 Å². The van der Waals surface area contributed by atoms with Gasteiger partial charge in [-0.2, -0.15) is 0 Å². The topological polar surface area (TPSA) is 34.6 Å². The maximum atomic E-state index is 5.69. The Balaban J connectivity index is 1.59. The molecule has 2 aliphatic rings. The molecule has 0 bridgehead atoms. The van der Waals surface area contributed by atoms with Crippen LogP contribution in [-0.2, 0) is 16.0 Å². The number of likely N-dealkylation sites (tertiary alicyclic amines) is 1. The highest BCUT2D eigenvalue weighted by atomic mass is 16.5. The molecular formula is C18H28N2O2. The summed E-state index contributed by atoms with van der Waals surface area (Å²) in [6, 6.07) is 6.31. The van der Waals surface area contributed by atoms with E-state index in [0.717, 1.165) is 45.1 Å². The first-order valence-electron chi connectivity index (χ1n) is 8.43. The molecule has 2 aliphatic heterocycles. The van der Waals surface area contributed by atoms with Crippen LogP contribution in [0.4, 0.5) is 0 Å². The minimum Gasteiger partial charge on any atom is -0.384 e. The molecule has 0 aliphatic carbocycles. The second-order valence-electron chi connectivity index (χ2n) is 6.89. The maximum absolute atomic E-state index is 5.69. The Morgan fingerprint density at radius 3 is 2.86 bits per heavy atom. The summed E-state index contributed by atoms with van der Waals surface area (Å²) >= 11 is 0. The summed E-state index contributed by atoms with van der Waals surface area (Å²) in [6.45, 7) is 7.98. The first-order chi connectivity index (χ1) is 10.7. The third-order valence-electron chi connectivity index (χ3n) is 5.48. The van der Waals surface area contributed by atoms with Gasteiger partial charge in [-0.05, 0) is 56.8 Å². The van der Waals surface area contributed by atoms with E-state index in [1.54, 1.807) is 7.11 Å². The van der Waals surface area contributed by atoms with E-state index in [1.807, 2.05) is 0 Å². The fraction of sp³-hybridized carbons (Fsp3) is 0.722. The van der Waals surface area contributed by atoms with Gasteiger partial charge in [-0.1, -0.05) is 6.07 Å². The van der Waals surface area contributed by atoms with Gasteiger partial charge in [0.15, 0.2) is 0 Å². The van der Waals surface area contributed by atoms with Crippen LogP contribution in [-0.4, -0.2) is 49.9 Å². The zero-order valence-electron chi connectivity index (χ0n) is 13.9. The molecule has 1 atom stereocenters. The molecule has 4 nitrogen and oxygen atoms in total. The van der Waals surface area contributed by atoms with Gasteiger partial charge in [-0.3, -0.25) is 9.88 Å². The lowest BCUT2D eigenvalue weighted by Gasteiger charge is -2.48. The van der Waals surface area contributed by atoms with Crippen molar-refractivity contribution in [3.63, 3.8) is 0 Å². The van der Waals surface area contributed by atoms with Crippen LogP contribution >= 0.6 is 0 Å². The molecule has 3 heterocycles. The Labute approximate surface area is 133 Å². The van der Waals surface area contributed by atoms with E-state index in [2.05, 4.69) is 35.0 Å². The van der Waals surface area contributed by atoms with Crippen molar-refractivity contribution >= 4 is 0 Å². The first-order valence-corrected chi connectivity index (χ1v) is 8.43. The number of aryl methyl sites for hydroxylation is 1. The lowest BCUT2D eigenvalue weighted by molar-refractivity contribution is -0.0951. The highest BCUT2D eigenvalue weighted by Crippen LogP contribution is 2.44. The molecule has 1 aromatic rings. The van der Waals surface area contributed by atoms with E-state index in [0.29, 0.717) is 11.3 Å². The Hall–Kier alpha value is -0.970. The highest BCUT2D eigenvalue weighted by molar-refractivity contribution is 5.10. The van der Waals surface area contributed by atoms with Crippen LogP contribution in [0.3, 0.4) is 0 Å². The minimum atomic E-state index is 0.435. The quantitative estimate of drug-likeness (QED) is 0.856. The second kappa shape index (κ2) is 7.07. The molecule has 3 rings (SSSR count). The van der Waals surface area contributed by atoms with Crippen LogP contribution in [0.1, 0.15) is 30.7 Å². The number of nitrogens with zero attached hydrogens (tertiary/aromatic N) is 2. The van der Waals surface area contributed by atoms with Gasteiger partial charge in [0.2, 0.25) is 0 Å². The first kappa shape index (κ1) is 15.9. The predicted octanol–water partition coefficient (Wildman–Crippen LogP) is 2.66. The standard InChI is InChI=1S/C18H28N2O2/c1-15-4-3-5-17(19-15)12-20-9-6-18(7-10-20)8-11-22-14-16(18)13-21-2/h3-5,16H,6-14H2,1-2H3/t16-/m1/s1. The third-order valence-corrected chi connectivity index (χ3v) is 5.48. The summed E-state index contributed by atoms with van der Waals surface area (Å²) in [5.74, 6) is 0.561.